The van der Waals surface area contributed by atoms with E-state index >= 15 is 0 Å². The average Bonchev–Trinajstić information content (AvgIpc) is 2.15. The lowest BCUT2D eigenvalue weighted by Gasteiger charge is -2.58. The van der Waals surface area contributed by atoms with Gasteiger partial charge in [-0.2, -0.15) is 0 Å². The zero-order valence-corrected chi connectivity index (χ0v) is 11.2. The Balaban J connectivity index is 1.56. The van der Waals surface area contributed by atoms with Crippen LogP contribution in [0.4, 0.5) is 0 Å². The van der Waals surface area contributed by atoms with Crippen LogP contribution in [0, 0.1) is 17.3 Å². The third-order valence-corrected chi connectivity index (χ3v) is 5.10. The quantitative estimate of drug-likeness (QED) is 0.674. The van der Waals surface area contributed by atoms with E-state index in [9.17, 15) is 0 Å². The Morgan fingerprint density at radius 2 is 1.81 bits per heavy atom. The largest absolute Gasteiger partial charge is 0.328 e. The highest BCUT2D eigenvalue weighted by Crippen LogP contribution is 2.60. The van der Waals surface area contributed by atoms with Gasteiger partial charge in [-0.15, -0.1) is 0 Å². The van der Waals surface area contributed by atoms with Crippen molar-refractivity contribution in [3.8, 4) is 0 Å². The first-order chi connectivity index (χ1) is 7.65. The predicted molar refractivity (Wildman–Crippen MR) is 70.3 cm³/mol. The molecule has 2 N–H and O–H groups in total. The van der Waals surface area contributed by atoms with Crippen molar-refractivity contribution in [1.29, 1.82) is 0 Å². The molecule has 0 amide bonds. The number of hydrogen-bond donors (Lipinski definition) is 1. The van der Waals surface area contributed by atoms with Crippen molar-refractivity contribution in [2.24, 2.45) is 23.0 Å². The Labute approximate surface area is 101 Å². The molecule has 0 bridgehead atoms. The summed E-state index contributed by atoms with van der Waals surface area (Å²) in [5.74, 6) is 2.01. The molecule has 1 unspecified atom stereocenters. The minimum atomic E-state index is 0.542. The second-order valence-electron chi connectivity index (χ2n) is 6.66. The molecule has 1 nitrogen and oxygen atoms in total. The summed E-state index contributed by atoms with van der Waals surface area (Å²) in [6.45, 7) is 4.76. The molecule has 1 atom stereocenters. The van der Waals surface area contributed by atoms with Gasteiger partial charge in [0.15, 0.2) is 0 Å². The summed E-state index contributed by atoms with van der Waals surface area (Å²) in [6, 6.07) is 0.542. The summed E-state index contributed by atoms with van der Waals surface area (Å²) >= 11 is 0. The van der Waals surface area contributed by atoms with Crippen molar-refractivity contribution in [1.82, 2.24) is 0 Å². The predicted octanol–water partition coefficient (Wildman–Crippen LogP) is 4.11. The molecule has 2 fully saturated rings. The second-order valence-corrected chi connectivity index (χ2v) is 6.66. The van der Waals surface area contributed by atoms with E-state index in [1.165, 1.54) is 57.8 Å². The van der Waals surface area contributed by atoms with Crippen molar-refractivity contribution < 1.29 is 0 Å². The molecule has 0 heterocycles. The lowest BCUT2D eigenvalue weighted by atomic mass is 9.48. The fraction of sp³-hybridized carbons (Fsp3) is 1.00. The van der Waals surface area contributed by atoms with Gasteiger partial charge in [-0.05, 0) is 42.9 Å². The van der Waals surface area contributed by atoms with Crippen molar-refractivity contribution in [2.45, 2.75) is 77.7 Å². The van der Waals surface area contributed by atoms with Crippen molar-refractivity contribution in [2.75, 3.05) is 0 Å². The molecule has 2 aliphatic carbocycles. The van der Waals surface area contributed by atoms with Crippen LogP contribution in [0.3, 0.4) is 0 Å². The molecular weight excluding hydrogens is 194 g/mol. The van der Waals surface area contributed by atoms with Gasteiger partial charge in [0.05, 0.1) is 0 Å². The zero-order valence-electron chi connectivity index (χ0n) is 11.2. The number of rotatable bonds is 6. The fourth-order valence-corrected chi connectivity index (χ4v) is 3.97. The van der Waals surface area contributed by atoms with Gasteiger partial charge in [0.1, 0.15) is 0 Å². The summed E-state index contributed by atoms with van der Waals surface area (Å²) < 4.78 is 0. The molecule has 2 saturated carbocycles. The van der Waals surface area contributed by atoms with E-state index in [1.54, 1.807) is 0 Å². The molecule has 0 aromatic heterocycles. The van der Waals surface area contributed by atoms with Crippen molar-refractivity contribution in [3.05, 3.63) is 0 Å². The normalized spacial score (nSPS) is 39.2. The summed E-state index contributed by atoms with van der Waals surface area (Å²) in [4.78, 5) is 0. The van der Waals surface area contributed by atoms with Gasteiger partial charge in [-0.25, -0.2) is 0 Å². The van der Waals surface area contributed by atoms with Gasteiger partial charge in [0.2, 0.25) is 0 Å². The Morgan fingerprint density at radius 1 is 1.12 bits per heavy atom. The van der Waals surface area contributed by atoms with E-state index in [1.807, 2.05) is 0 Å². The van der Waals surface area contributed by atoms with E-state index in [0.717, 1.165) is 17.3 Å². The molecule has 0 saturated heterocycles. The molecule has 94 valence electrons. The van der Waals surface area contributed by atoms with Crippen LogP contribution in [0.5, 0.6) is 0 Å². The molecule has 2 rings (SSSR count). The second kappa shape index (κ2) is 5.08. The Morgan fingerprint density at radius 3 is 2.38 bits per heavy atom. The average molecular weight is 223 g/mol. The molecule has 0 aromatic rings. The molecule has 16 heavy (non-hydrogen) atoms. The molecule has 0 radical (unpaired) electrons. The Bertz CT molecular complexity index is 209. The highest BCUT2D eigenvalue weighted by atomic mass is 14.7. The maximum atomic E-state index is 5.90. The Kier molecular flexibility index (Phi) is 3.94. The fourth-order valence-electron chi connectivity index (χ4n) is 3.97. The highest BCUT2D eigenvalue weighted by Gasteiger charge is 2.52. The summed E-state index contributed by atoms with van der Waals surface area (Å²) in [6.07, 6.45) is 12.8. The van der Waals surface area contributed by atoms with Gasteiger partial charge < -0.3 is 5.73 Å². The van der Waals surface area contributed by atoms with E-state index in [4.69, 9.17) is 5.73 Å². The third-order valence-electron chi connectivity index (χ3n) is 5.10. The van der Waals surface area contributed by atoms with Gasteiger partial charge in [0, 0.05) is 6.04 Å². The van der Waals surface area contributed by atoms with E-state index < -0.39 is 0 Å². The molecule has 1 heteroatoms. The third kappa shape index (κ3) is 2.61. The molecular formula is C15H29N. The van der Waals surface area contributed by atoms with Gasteiger partial charge in [-0.3, -0.25) is 0 Å². The first-order valence-electron chi connectivity index (χ1n) is 7.41. The number of hydrogen-bond acceptors (Lipinski definition) is 1. The van der Waals surface area contributed by atoms with Crippen molar-refractivity contribution >= 4 is 0 Å². The summed E-state index contributed by atoms with van der Waals surface area (Å²) in [5.41, 5.74) is 6.64. The highest BCUT2D eigenvalue weighted by molar-refractivity contribution is 5.05. The lowest BCUT2D eigenvalue weighted by Crippen LogP contribution is -2.54. The lowest BCUT2D eigenvalue weighted by molar-refractivity contribution is -0.0607. The zero-order chi connectivity index (χ0) is 11.6. The van der Waals surface area contributed by atoms with Gasteiger partial charge >= 0.3 is 0 Å². The topological polar surface area (TPSA) is 26.0 Å². The maximum Gasteiger partial charge on any atom is 0.00494 e. The van der Waals surface area contributed by atoms with Crippen LogP contribution in [-0.4, -0.2) is 6.04 Å². The van der Waals surface area contributed by atoms with Crippen molar-refractivity contribution in [3.63, 3.8) is 0 Å². The first-order valence-corrected chi connectivity index (χ1v) is 7.41. The van der Waals surface area contributed by atoms with Gasteiger partial charge in [-0.1, -0.05) is 46.0 Å². The van der Waals surface area contributed by atoms with E-state index in [2.05, 4.69) is 13.8 Å². The van der Waals surface area contributed by atoms with E-state index in [-0.39, 0.29) is 0 Å². The monoisotopic (exact) mass is 223 g/mol. The van der Waals surface area contributed by atoms with Crippen LogP contribution in [0.15, 0.2) is 0 Å². The maximum absolute atomic E-state index is 5.90. The summed E-state index contributed by atoms with van der Waals surface area (Å²) in [5, 5.41) is 0. The molecule has 0 aromatic carbocycles. The Hall–Kier alpha value is -0.0400. The van der Waals surface area contributed by atoms with Crippen LogP contribution >= 0.6 is 0 Å². The van der Waals surface area contributed by atoms with Crippen LogP contribution in [0.25, 0.3) is 0 Å². The molecule has 0 aliphatic heterocycles. The van der Waals surface area contributed by atoms with Crippen LogP contribution < -0.4 is 5.73 Å². The summed E-state index contributed by atoms with van der Waals surface area (Å²) in [7, 11) is 0. The number of nitrogens with two attached hydrogens (primary N) is 1. The molecule has 1 spiro atoms. The standard InChI is InChI=1S/C15H29N/c1-3-4-5-6-7-12(2)13-8-15(9-13)10-14(16)11-15/h12-14H,3-11,16H2,1-2H3. The van der Waals surface area contributed by atoms with Crippen LogP contribution in [0.2, 0.25) is 0 Å². The van der Waals surface area contributed by atoms with E-state index in [0.29, 0.717) is 6.04 Å². The van der Waals surface area contributed by atoms with Crippen LogP contribution in [0.1, 0.15) is 71.6 Å². The molecule has 2 aliphatic rings. The minimum Gasteiger partial charge on any atom is -0.328 e. The van der Waals surface area contributed by atoms with Crippen LogP contribution in [-0.2, 0) is 0 Å². The number of unbranched alkanes of at least 4 members (excludes halogenated alkanes) is 3. The minimum absolute atomic E-state index is 0.542. The van der Waals surface area contributed by atoms with Gasteiger partial charge in [0.25, 0.3) is 0 Å². The SMILES string of the molecule is CCCCCCC(C)C1CC2(CC(N)C2)C1. The first kappa shape index (κ1) is 12.4. The smallest absolute Gasteiger partial charge is 0.00494 e.